The number of piperidine rings is 1. The minimum atomic E-state index is -4.26. The molecule has 1 aliphatic heterocycles. The number of imidazole rings is 1. The van der Waals surface area contributed by atoms with Gasteiger partial charge in [-0.25, -0.2) is 4.98 Å². The molecule has 5 nitrogen and oxygen atoms in total. The molecule has 2 heterocycles. The second-order valence-corrected chi connectivity index (χ2v) is 7.10. The monoisotopic (exact) mass is 360 g/mol. The van der Waals surface area contributed by atoms with E-state index in [4.69, 9.17) is 4.74 Å². The third-order valence-electron chi connectivity index (χ3n) is 5.46. The van der Waals surface area contributed by atoms with Crippen molar-refractivity contribution in [1.82, 2.24) is 19.8 Å². The summed E-state index contributed by atoms with van der Waals surface area (Å²) in [6.45, 7) is 5.04. The average Bonchev–Trinajstić information content (AvgIpc) is 3.05. The van der Waals surface area contributed by atoms with E-state index in [0.717, 1.165) is 44.7 Å². The van der Waals surface area contributed by atoms with Crippen LogP contribution < -0.4 is 5.32 Å². The van der Waals surface area contributed by atoms with E-state index in [0.29, 0.717) is 24.5 Å². The van der Waals surface area contributed by atoms with Crippen molar-refractivity contribution in [3.05, 3.63) is 18.2 Å². The topological polar surface area (TPSA) is 42.3 Å². The Balaban J connectivity index is 1.60. The van der Waals surface area contributed by atoms with Gasteiger partial charge in [-0.05, 0) is 44.7 Å². The third kappa shape index (κ3) is 4.74. The summed E-state index contributed by atoms with van der Waals surface area (Å²) in [6, 6.07) is 0.422. The molecule has 1 unspecified atom stereocenters. The summed E-state index contributed by atoms with van der Waals surface area (Å²) in [7, 11) is 0. The summed E-state index contributed by atoms with van der Waals surface area (Å²) in [6.07, 6.45) is 2.87. The lowest BCUT2D eigenvalue weighted by Gasteiger charge is -2.29. The van der Waals surface area contributed by atoms with E-state index in [9.17, 15) is 13.2 Å². The summed E-state index contributed by atoms with van der Waals surface area (Å²) >= 11 is 0. The van der Waals surface area contributed by atoms with Crippen LogP contribution in [0.2, 0.25) is 0 Å². The summed E-state index contributed by atoms with van der Waals surface area (Å²) in [5.74, 6) is 0.967. The highest BCUT2D eigenvalue weighted by Crippen LogP contribution is 2.55. The van der Waals surface area contributed by atoms with E-state index < -0.39 is 12.8 Å². The minimum absolute atomic E-state index is 0.0944. The smallest absolute Gasteiger partial charge is 0.371 e. The number of hydrogen-bond donors (Lipinski definition) is 1. The SMILES string of the molecule is CCn1ccnc1CN(CCOCC(F)(F)F)C1CC12CCNCC2. The molecule has 3 rings (SSSR count). The zero-order valence-corrected chi connectivity index (χ0v) is 14.7. The lowest BCUT2D eigenvalue weighted by Crippen LogP contribution is -2.38. The lowest BCUT2D eigenvalue weighted by molar-refractivity contribution is -0.174. The van der Waals surface area contributed by atoms with Gasteiger partial charge in [-0.15, -0.1) is 0 Å². The number of nitrogens with one attached hydrogen (secondary N) is 1. The first-order chi connectivity index (χ1) is 11.9. The number of ether oxygens (including phenoxy) is 1. The second-order valence-electron chi connectivity index (χ2n) is 7.10. The minimum Gasteiger partial charge on any atom is -0.371 e. The molecule has 2 aliphatic rings. The summed E-state index contributed by atoms with van der Waals surface area (Å²) < 4.78 is 43.8. The van der Waals surface area contributed by atoms with Crippen molar-refractivity contribution >= 4 is 0 Å². The van der Waals surface area contributed by atoms with E-state index >= 15 is 0 Å². The standard InChI is InChI=1S/C17H27F3N4O/c1-2-23-8-7-22-15(23)12-24(9-10-25-13-17(18,19)20)14-11-16(14)3-5-21-6-4-16/h7-8,14,21H,2-6,9-13H2,1H3. The predicted molar refractivity (Wildman–Crippen MR) is 88.1 cm³/mol. The second kappa shape index (κ2) is 7.63. The molecule has 0 radical (unpaired) electrons. The Kier molecular flexibility index (Phi) is 5.70. The van der Waals surface area contributed by atoms with Gasteiger partial charge >= 0.3 is 6.18 Å². The van der Waals surface area contributed by atoms with Gasteiger partial charge in [0.2, 0.25) is 0 Å². The molecule has 1 spiro atoms. The zero-order chi connectivity index (χ0) is 17.9. The zero-order valence-electron chi connectivity index (χ0n) is 14.7. The van der Waals surface area contributed by atoms with Crippen molar-refractivity contribution in [2.45, 2.75) is 51.5 Å². The van der Waals surface area contributed by atoms with Gasteiger partial charge in [-0.2, -0.15) is 13.2 Å². The van der Waals surface area contributed by atoms with Crippen molar-refractivity contribution in [3.8, 4) is 0 Å². The molecule has 1 aromatic rings. The van der Waals surface area contributed by atoms with E-state index in [-0.39, 0.29) is 6.61 Å². The first-order valence-corrected chi connectivity index (χ1v) is 9.03. The third-order valence-corrected chi connectivity index (χ3v) is 5.46. The Morgan fingerprint density at radius 1 is 1.40 bits per heavy atom. The number of aromatic nitrogens is 2. The Morgan fingerprint density at radius 3 is 2.84 bits per heavy atom. The molecule has 8 heteroatoms. The highest BCUT2D eigenvalue weighted by atomic mass is 19.4. The van der Waals surface area contributed by atoms with Crippen LogP contribution >= 0.6 is 0 Å². The molecule has 1 saturated carbocycles. The van der Waals surface area contributed by atoms with Crippen LogP contribution in [0.15, 0.2) is 12.4 Å². The van der Waals surface area contributed by atoms with Crippen LogP contribution in [0.4, 0.5) is 13.2 Å². The predicted octanol–water partition coefficient (Wildman–Crippen LogP) is 2.43. The summed E-state index contributed by atoms with van der Waals surface area (Å²) in [5, 5.41) is 3.39. The van der Waals surface area contributed by atoms with Gasteiger partial charge in [0.15, 0.2) is 0 Å². The molecule has 1 aliphatic carbocycles. The molecule has 1 saturated heterocycles. The van der Waals surface area contributed by atoms with E-state index in [2.05, 4.69) is 26.7 Å². The molecular weight excluding hydrogens is 333 g/mol. The summed E-state index contributed by atoms with van der Waals surface area (Å²) in [5.41, 5.74) is 0.332. The molecule has 0 amide bonds. The maximum Gasteiger partial charge on any atom is 0.411 e. The fourth-order valence-electron chi connectivity index (χ4n) is 3.98. The maximum atomic E-state index is 12.3. The number of nitrogens with zero attached hydrogens (tertiary/aromatic N) is 3. The number of hydrogen-bond acceptors (Lipinski definition) is 4. The van der Waals surface area contributed by atoms with E-state index in [1.54, 1.807) is 6.20 Å². The summed E-state index contributed by atoms with van der Waals surface area (Å²) in [4.78, 5) is 6.70. The number of rotatable bonds is 8. The van der Waals surface area contributed by atoms with Crippen molar-refractivity contribution < 1.29 is 17.9 Å². The van der Waals surface area contributed by atoms with Gasteiger partial charge in [-0.1, -0.05) is 0 Å². The molecule has 0 bridgehead atoms. The van der Waals surface area contributed by atoms with Crippen LogP contribution in [0.25, 0.3) is 0 Å². The van der Waals surface area contributed by atoms with Gasteiger partial charge < -0.3 is 14.6 Å². The van der Waals surface area contributed by atoms with E-state index in [1.165, 1.54) is 0 Å². The van der Waals surface area contributed by atoms with Crippen LogP contribution in [0.3, 0.4) is 0 Å². The average molecular weight is 360 g/mol. The van der Waals surface area contributed by atoms with Crippen molar-refractivity contribution in [2.24, 2.45) is 5.41 Å². The van der Waals surface area contributed by atoms with Crippen LogP contribution in [0.1, 0.15) is 32.0 Å². The Bertz CT molecular complexity index is 554. The van der Waals surface area contributed by atoms with E-state index in [1.807, 2.05) is 6.20 Å². The molecule has 25 heavy (non-hydrogen) atoms. The molecular formula is C17H27F3N4O. The van der Waals surface area contributed by atoms with Crippen molar-refractivity contribution in [1.29, 1.82) is 0 Å². The molecule has 1 aromatic heterocycles. The lowest BCUT2D eigenvalue weighted by atomic mass is 9.93. The molecule has 142 valence electrons. The molecule has 2 fully saturated rings. The van der Waals surface area contributed by atoms with Gasteiger partial charge in [0, 0.05) is 31.5 Å². The van der Waals surface area contributed by atoms with Gasteiger partial charge in [0.1, 0.15) is 12.4 Å². The highest BCUT2D eigenvalue weighted by molar-refractivity contribution is 5.11. The fraction of sp³-hybridized carbons (Fsp3) is 0.824. The first-order valence-electron chi connectivity index (χ1n) is 9.03. The van der Waals surface area contributed by atoms with Crippen LogP contribution in [0, 0.1) is 5.41 Å². The highest BCUT2D eigenvalue weighted by Gasteiger charge is 2.56. The largest absolute Gasteiger partial charge is 0.411 e. The van der Waals surface area contributed by atoms with Crippen molar-refractivity contribution in [3.63, 3.8) is 0 Å². The first kappa shape index (κ1) is 18.7. The quantitative estimate of drug-likeness (QED) is 0.723. The Morgan fingerprint density at radius 2 is 2.16 bits per heavy atom. The number of alkyl halides is 3. The van der Waals surface area contributed by atoms with Gasteiger partial charge in [0.25, 0.3) is 0 Å². The molecule has 1 atom stereocenters. The fourth-order valence-corrected chi connectivity index (χ4v) is 3.98. The van der Waals surface area contributed by atoms with Crippen molar-refractivity contribution in [2.75, 3.05) is 32.8 Å². The van der Waals surface area contributed by atoms with Gasteiger partial charge in [-0.3, -0.25) is 4.90 Å². The Hall–Kier alpha value is -1.12. The normalized spacial score (nSPS) is 22.7. The van der Waals surface area contributed by atoms with Crippen LogP contribution in [0.5, 0.6) is 0 Å². The molecule has 0 aromatic carbocycles. The maximum absolute atomic E-state index is 12.3. The number of halogens is 3. The van der Waals surface area contributed by atoms with Gasteiger partial charge in [0.05, 0.1) is 13.2 Å². The number of aryl methyl sites for hydroxylation is 1. The van der Waals surface area contributed by atoms with Crippen LogP contribution in [-0.2, 0) is 17.8 Å². The molecule has 1 N–H and O–H groups in total. The Labute approximate surface area is 146 Å². The van der Waals surface area contributed by atoms with Crippen LogP contribution in [-0.4, -0.2) is 59.5 Å².